The Balaban J connectivity index is 2.16. The zero-order chi connectivity index (χ0) is 18.4. The van der Waals surface area contributed by atoms with Crippen molar-refractivity contribution >= 4 is 43.1 Å². The minimum Gasteiger partial charge on any atom is -0.457 e. The van der Waals surface area contributed by atoms with Gasteiger partial charge in [-0.1, -0.05) is 34.1 Å². The van der Waals surface area contributed by atoms with E-state index in [0.29, 0.717) is 22.3 Å². The third-order valence-electron chi connectivity index (χ3n) is 3.90. The summed E-state index contributed by atoms with van der Waals surface area (Å²) in [5.74, 6) is -1.49. The minimum atomic E-state index is -4.16. The Morgan fingerprint density at radius 2 is 1.84 bits per heavy atom. The summed E-state index contributed by atoms with van der Waals surface area (Å²) in [4.78, 5) is 11.6. The second kappa shape index (κ2) is 6.36. The summed E-state index contributed by atoms with van der Waals surface area (Å²) in [6.07, 6.45) is 0. The fourth-order valence-corrected chi connectivity index (χ4v) is 3.56. The average molecular weight is 426 g/mol. The largest absolute Gasteiger partial charge is 0.457 e. The molecular formula is C17H13BrFNO4S. The molecule has 25 heavy (non-hydrogen) atoms. The summed E-state index contributed by atoms with van der Waals surface area (Å²) >= 11 is 3.42. The van der Waals surface area contributed by atoms with E-state index in [1.165, 1.54) is 6.07 Å². The number of cyclic esters (lactones) is 1. The van der Waals surface area contributed by atoms with E-state index in [0.717, 1.165) is 22.2 Å². The van der Waals surface area contributed by atoms with Gasteiger partial charge in [-0.2, -0.15) is 0 Å². The highest BCUT2D eigenvalue weighted by Crippen LogP contribution is 2.35. The molecule has 1 heterocycles. The first-order valence-corrected chi connectivity index (χ1v) is 9.52. The number of primary sulfonamides is 1. The molecule has 2 aromatic carbocycles. The number of sulfonamides is 1. The van der Waals surface area contributed by atoms with Gasteiger partial charge >= 0.3 is 5.97 Å². The summed E-state index contributed by atoms with van der Waals surface area (Å²) in [5.41, 5.74) is 2.80. The number of ether oxygens (including phenoxy) is 1. The summed E-state index contributed by atoms with van der Waals surface area (Å²) < 4.78 is 42.7. The number of carbonyl (C=O) groups is 1. The van der Waals surface area contributed by atoms with Crippen molar-refractivity contribution in [2.24, 2.45) is 5.14 Å². The molecule has 0 bridgehead atoms. The van der Waals surface area contributed by atoms with E-state index in [4.69, 9.17) is 9.88 Å². The summed E-state index contributed by atoms with van der Waals surface area (Å²) in [6, 6.07) is 8.94. The van der Waals surface area contributed by atoms with Gasteiger partial charge in [0, 0.05) is 10.0 Å². The molecule has 8 heteroatoms. The standard InChI is InChI=1S/C17H13BrFNO4S/c1-9-2-3-11(6-13(9)18)16-12(8-24-17(16)21)10-4-5-15(14(19)7-10)25(20,22)23/h2-7H,8H2,1H3,(H2,20,22,23). The zero-order valence-corrected chi connectivity index (χ0v) is 15.4. The Morgan fingerprint density at radius 1 is 1.16 bits per heavy atom. The maximum absolute atomic E-state index is 14.1. The lowest BCUT2D eigenvalue weighted by Gasteiger charge is -2.08. The fraction of sp³-hybridized carbons (Fsp3) is 0.118. The molecule has 2 N–H and O–H groups in total. The van der Waals surface area contributed by atoms with Crippen molar-refractivity contribution in [1.82, 2.24) is 0 Å². The first-order valence-electron chi connectivity index (χ1n) is 7.18. The van der Waals surface area contributed by atoms with Gasteiger partial charge in [-0.05, 0) is 41.8 Å². The Kier molecular flexibility index (Phi) is 4.52. The van der Waals surface area contributed by atoms with E-state index in [2.05, 4.69) is 15.9 Å². The van der Waals surface area contributed by atoms with E-state index >= 15 is 0 Å². The van der Waals surface area contributed by atoms with Crippen molar-refractivity contribution < 1.29 is 22.3 Å². The van der Waals surface area contributed by atoms with Gasteiger partial charge in [0.15, 0.2) is 0 Å². The Morgan fingerprint density at radius 3 is 2.44 bits per heavy atom. The maximum Gasteiger partial charge on any atom is 0.339 e. The van der Waals surface area contributed by atoms with Crippen molar-refractivity contribution in [1.29, 1.82) is 0 Å². The number of halogens is 2. The number of esters is 1. The fourth-order valence-electron chi connectivity index (χ4n) is 2.59. The molecule has 0 saturated carbocycles. The summed E-state index contributed by atoms with van der Waals surface area (Å²) in [5, 5.41) is 4.97. The lowest BCUT2D eigenvalue weighted by Crippen LogP contribution is -2.14. The van der Waals surface area contributed by atoms with Gasteiger partial charge in [-0.3, -0.25) is 0 Å². The van der Waals surface area contributed by atoms with Gasteiger partial charge in [0.05, 0.1) is 5.57 Å². The molecule has 2 aromatic rings. The molecule has 0 saturated heterocycles. The van der Waals surface area contributed by atoms with E-state index in [-0.39, 0.29) is 6.61 Å². The molecule has 0 radical (unpaired) electrons. The van der Waals surface area contributed by atoms with Crippen LogP contribution >= 0.6 is 15.9 Å². The van der Waals surface area contributed by atoms with E-state index in [1.807, 2.05) is 13.0 Å². The molecule has 0 fully saturated rings. The van der Waals surface area contributed by atoms with E-state index in [9.17, 15) is 17.6 Å². The molecule has 1 aliphatic heterocycles. The van der Waals surface area contributed by atoms with Crippen LogP contribution in [0.2, 0.25) is 0 Å². The lowest BCUT2D eigenvalue weighted by atomic mass is 9.96. The van der Waals surface area contributed by atoms with Crippen LogP contribution < -0.4 is 5.14 Å². The second-order valence-electron chi connectivity index (χ2n) is 5.58. The molecule has 0 atom stereocenters. The van der Waals surface area contributed by atoms with Crippen LogP contribution in [0, 0.1) is 12.7 Å². The maximum atomic E-state index is 14.1. The minimum absolute atomic E-state index is 0.0200. The molecule has 0 unspecified atom stereocenters. The highest BCUT2D eigenvalue weighted by atomic mass is 79.9. The highest BCUT2D eigenvalue weighted by Gasteiger charge is 2.28. The van der Waals surface area contributed by atoms with Crippen LogP contribution in [-0.4, -0.2) is 21.0 Å². The molecule has 0 aromatic heterocycles. The van der Waals surface area contributed by atoms with Crippen LogP contribution in [0.3, 0.4) is 0 Å². The Labute approximate surface area is 152 Å². The van der Waals surface area contributed by atoms with Gasteiger partial charge < -0.3 is 4.74 Å². The number of nitrogens with two attached hydrogens (primary N) is 1. The van der Waals surface area contributed by atoms with Crippen LogP contribution in [-0.2, 0) is 19.6 Å². The van der Waals surface area contributed by atoms with Crippen molar-refractivity contribution in [3.63, 3.8) is 0 Å². The third-order valence-corrected chi connectivity index (χ3v) is 5.70. The second-order valence-corrected chi connectivity index (χ2v) is 7.97. The number of benzene rings is 2. The molecule has 1 aliphatic rings. The van der Waals surface area contributed by atoms with Crippen LogP contribution in [0.4, 0.5) is 4.39 Å². The van der Waals surface area contributed by atoms with Crippen molar-refractivity contribution in [3.05, 3.63) is 63.4 Å². The predicted molar refractivity (Wildman–Crippen MR) is 94.4 cm³/mol. The molecule has 130 valence electrons. The number of aryl methyl sites for hydroxylation is 1. The number of carbonyl (C=O) groups excluding carboxylic acids is 1. The molecule has 0 amide bonds. The van der Waals surface area contributed by atoms with Gasteiger partial charge in [0.25, 0.3) is 0 Å². The zero-order valence-electron chi connectivity index (χ0n) is 13.0. The average Bonchev–Trinajstić information content (AvgIpc) is 2.90. The summed E-state index contributed by atoms with van der Waals surface area (Å²) in [6.45, 7) is 1.89. The molecule has 0 aliphatic carbocycles. The van der Waals surface area contributed by atoms with Gasteiger partial charge in [-0.15, -0.1) is 0 Å². The topological polar surface area (TPSA) is 86.5 Å². The SMILES string of the molecule is Cc1ccc(C2=C(c3ccc(S(N)(=O)=O)c(F)c3)COC2=O)cc1Br. The smallest absolute Gasteiger partial charge is 0.339 e. The first-order chi connectivity index (χ1) is 11.7. The molecule has 5 nitrogen and oxygen atoms in total. The molecule has 0 spiro atoms. The van der Waals surface area contributed by atoms with Crippen molar-refractivity contribution in [2.45, 2.75) is 11.8 Å². The highest BCUT2D eigenvalue weighted by molar-refractivity contribution is 9.10. The van der Waals surface area contributed by atoms with Crippen LogP contribution in [0.1, 0.15) is 16.7 Å². The third kappa shape index (κ3) is 3.37. The Bertz CT molecular complexity index is 1030. The number of hydrogen-bond acceptors (Lipinski definition) is 4. The normalized spacial score (nSPS) is 14.8. The van der Waals surface area contributed by atoms with Crippen LogP contribution in [0.15, 0.2) is 45.8 Å². The monoisotopic (exact) mass is 425 g/mol. The molecular weight excluding hydrogens is 413 g/mol. The van der Waals surface area contributed by atoms with Gasteiger partial charge in [0.2, 0.25) is 10.0 Å². The van der Waals surface area contributed by atoms with E-state index < -0.39 is 26.7 Å². The van der Waals surface area contributed by atoms with Crippen molar-refractivity contribution in [3.8, 4) is 0 Å². The van der Waals surface area contributed by atoms with Crippen LogP contribution in [0.25, 0.3) is 11.1 Å². The summed E-state index contributed by atoms with van der Waals surface area (Å²) in [7, 11) is -4.16. The Hall–Kier alpha value is -2.03. The number of hydrogen-bond donors (Lipinski definition) is 1. The lowest BCUT2D eigenvalue weighted by molar-refractivity contribution is -0.133. The van der Waals surface area contributed by atoms with Crippen molar-refractivity contribution in [2.75, 3.05) is 6.61 Å². The first kappa shape index (κ1) is 17.8. The van der Waals surface area contributed by atoms with Gasteiger partial charge in [-0.25, -0.2) is 22.7 Å². The van der Waals surface area contributed by atoms with Crippen LogP contribution in [0.5, 0.6) is 0 Å². The molecule has 3 rings (SSSR count). The predicted octanol–water partition coefficient (Wildman–Crippen LogP) is 3.01. The number of rotatable bonds is 3. The van der Waals surface area contributed by atoms with Gasteiger partial charge in [0.1, 0.15) is 17.3 Å². The quantitative estimate of drug-likeness (QED) is 0.765. The van der Waals surface area contributed by atoms with E-state index in [1.54, 1.807) is 12.1 Å².